The number of amides is 1. The van der Waals surface area contributed by atoms with Crippen molar-refractivity contribution in [3.8, 4) is 5.75 Å². The van der Waals surface area contributed by atoms with Gasteiger partial charge in [-0.05, 0) is 56.0 Å². The number of carbonyl (C=O) groups is 1. The Hall–Kier alpha value is -1.55. The highest BCUT2D eigenvalue weighted by molar-refractivity contribution is 5.94. The monoisotopic (exact) mass is 288 g/mol. The second-order valence-corrected chi connectivity index (χ2v) is 6.33. The number of hydrogen-bond acceptors (Lipinski definition) is 3. The molecule has 0 radical (unpaired) electrons. The third-order valence-electron chi connectivity index (χ3n) is 4.25. The maximum atomic E-state index is 11.7. The molecule has 1 aliphatic carbocycles. The molecule has 1 heterocycles. The molecule has 2 aliphatic rings. The van der Waals surface area contributed by atoms with Gasteiger partial charge in [0, 0.05) is 24.7 Å². The number of rotatable bonds is 6. The van der Waals surface area contributed by atoms with Crippen LogP contribution in [-0.4, -0.2) is 37.0 Å². The van der Waals surface area contributed by atoms with Gasteiger partial charge in [-0.3, -0.25) is 9.69 Å². The SMILES string of the molecule is C[C@@H]1CCN(CCOc2ccc(NC(=O)C3CC3)cc2)C1. The van der Waals surface area contributed by atoms with E-state index in [-0.39, 0.29) is 11.8 Å². The number of ether oxygens (including phenoxy) is 1. The van der Waals surface area contributed by atoms with E-state index in [1.54, 1.807) is 0 Å². The smallest absolute Gasteiger partial charge is 0.227 e. The molecule has 1 amide bonds. The van der Waals surface area contributed by atoms with Gasteiger partial charge in [-0.15, -0.1) is 0 Å². The van der Waals surface area contributed by atoms with E-state index in [2.05, 4.69) is 17.1 Å². The van der Waals surface area contributed by atoms with E-state index in [0.717, 1.165) is 43.3 Å². The summed E-state index contributed by atoms with van der Waals surface area (Å²) in [4.78, 5) is 14.1. The van der Waals surface area contributed by atoms with Gasteiger partial charge >= 0.3 is 0 Å². The summed E-state index contributed by atoms with van der Waals surface area (Å²) in [6.07, 6.45) is 3.36. The maximum absolute atomic E-state index is 11.7. The number of nitrogens with one attached hydrogen (secondary N) is 1. The Morgan fingerprint density at radius 3 is 2.67 bits per heavy atom. The van der Waals surface area contributed by atoms with Gasteiger partial charge < -0.3 is 10.1 Å². The van der Waals surface area contributed by atoms with Crippen LogP contribution in [0.5, 0.6) is 5.75 Å². The second-order valence-electron chi connectivity index (χ2n) is 6.33. The number of anilines is 1. The number of likely N-dealkylation sites (tertiary alicyclic amines) is 1. The van der Waals surface area contributed by atoms with E-state index in [0.29, 0.717) is 0 Å². The standard InChI is InChI=1S/C17H24N2O2/c1-13-8-9-19(12-13)10-11-21-16-6-4-15(5-7-16)18-17(20)14-2-3-14/h4-7,13-14H,2-3,8-12H2,1H3,(H,18,20)/t13-/m1/s1. The molecule has 4 heteroatoms. The van der Waals surface area contributed by atoms with Gasteiger partial charge in [0.25, 0.3) is 0 Å². The zero-order valence-electron chi connectivity index (χ0n) is 12.7. The van der Waals surface area contributed by atoms with Crippen LogP contribution in [-0.2, 0) is 4.79 Å². The minimum atomic E-state index is 0.145. The molecule has 4 nitrogen and oxygen atoms in total. The van der Waals surface area contributed by atoms with Gasteiger partial charge in [-0.2, -0.15) is 0 Å². The van der Waals surface area contributed by atoms with E-state index in [4.69, 9.17) is 4.74 Å². The van der Waals surface area contributed by atoms with E-state index < -0.39 is 0 Å². The molecule has 1 N–H and O–H groups in total. The van der Waals surface area contributed by atoms with Crippen LogP contribution in [0.25, 0.3) is 0 Å². The first-order valence-corrected chi connectivity index (χ1v) is 7.97. The van der Waals surface area contributed by atoms with E-state index in [9.17, 15) is 4.79 Å². The number of benzene rings is 1. The van der Waals surface area contributed by atoms with Crippen molar-refractivity contribution in [2.24, 2.45) is 11.8 Å². The summed E-state index contributed by atoms with van der Waals surface area (Å²) in [5.74, 6) is 2.07. The Balaban J connectivity index is 1.40. The van der Waals surface area contributed by atoms with E-state index in [1.807, 2.05) is 24.3 Å². The van der Waals surface area contributed by atoms with E-state index in [1.165, 1.54) is 19.5 Å². The highest BCUT2D eigenvalue weighted by atomic mass is 16.5. The third-order valence-corrected chi connectivity index (χ3v) is 4.25. The highest BCUT2D eigenvalue weighted by Gasteiger charge is 2.29. The fourth-order valence-corrected chi connectivity index (χ4v) is 2.75. The van der Waals surface area contributed by atoms with Crippen LogP contribution in [0.1, 0.15) is 26.2 Å². The van der Waals surface area contributed by atoms with Crippen LogP contribution in [0.4, 0.5) is 5.69 Å². The highest BCUT2D eigenvalue weighted by Crippen LogP contribution is 2.30. The van der Waals surface area contributed by atoms with Crippen molar-refractivity contribution in [3.63, 3.8) is 0 Å². The van der Waals surface area contributed by atoms with Crippen molar-refractivity contribution >= 4 is 11.6 Å². The number of hydrogen-bond donors (Lipinski definition) is 1. The first-order chi connectivity index (χ1) is 10.2. The van der Waals surface area contributed by atoms with Gasteiger partial charge in [0.2, 0.25) is 5.91 Å². The lowest BCUT2D eigenvalue weighted by atomic mass is 10.2. The summed E-state index contributed by atoms with van der Waals surface area (Å²) in [6, 6.07) is 7.67. The van der Waals surface area contributed by atoms with Crippen molar-refractivity contribution in [2.75, 3.05) is 31.6 Å². The molecular weight excluding hydrogens is 264 g/mol. The van der Waals surface area contributed by atoms with Gasteiger partial charge in [-0.1, -0.05) is 6.92 Å². The lowest BCUT2D eigenvalue weighted by Gasteiger charge is -2.15. The minimum absolute atomic E-state index is 0.145. The molecule has 1 aromatic carbocycles. The van der Waals surface area contributed by atoms with Crippen molar-refractivity contribution < 1.29 is 9.53 Å². The van der Waals surface area contributed by atoms with Crippen LogP contribution < -0.4 is 10.1 Å². The van der Waals surface area contributed by atoms with E-state index >= 15 is 0 Å². The van der Waals surface area contributed by atoms with Crippen LogP contribution >= 0.6 is 0 Å². The van der Waals surface area contributed by atoms with Crippen molar-refractivity contribution in [3.05, 3.63) is 24.3 Å². The molecule has 1 aliphatic heterocycles. The van der Waals surface area contributed by atoms with Gasteiger partial charge in [0.15, 0.2) is 0 Å². The Kier molecular flexibility index (Phi) is 4.44. The molecule has 21 heavy (non-hydrogen) atoms. The predicted octanol–water partition coefficient (Wildman–Crippen LogP) is 2.76. The molecule has 114 valence electrons. The lowest BCUT2D eigenvalue weighted by Crippen LogP contribution is -2.25. The lowest BCUT2D eigenvalue weighted by molar-refractivity contribution is -0.117. The molecule has 2 fully saturated rings. The Bertz CT molecular complexity index is 482. The largest absolute Gasteiger partial charge is 0.492 e. The Labute approximate surface area is 126 Å². The Morgan fingerprint density at radius 2 is 2.05 bits per heavy atom. The van der Waals surface area contributed by atoms with Crippen molar-refractivity contribution in [2.45, 2.75) is 26.2 Å². The first kappa shape index (κ1) is 14.4. The molecule has 1 aromatic rings. The quantitative estimate of drug-likeness (QED) is 0.875. The Morgan fingerprint density at radius 1 is 1.29 bits per heavy atom. The third kappa shape index (κ3) is 4.21. The molecule has 0 spiro atoms. The first-order valence-electron chi connectivity index (χ1n) is 7.97. The maximum Gasteiger partial charge on any atom is 0.227 e. The molecule has 1 saturated heterocycles. The van der Waals surface area contributed by atoms with Gasteiger partial charge in [-0.25, -0.2) is 0 Å². The summed E-state index contributed by atoms with van der Waals surface area (Å²) in [5, 5.41) is 2.93. The average Bonchev–Trinajstić information content (AvgIpc) is 3.25. The number of carbonyl (C=O) groups excluding carboxylic acids is 1. The summed E-state index contributed by atoms with van der Waals surface area (Å²) in [5.41, 5.74) is 0.854. The molecule has 1 saturated carbocycles. The van der Waals surface area contributed by atoms with Crippen molar-refractivity contribution in [1.82, 2.24) is 4.90 Å². The summed E-state index contributed by atoms with van der Waals surface area (Å²) in [6.45, 7) is 6.40. The normalized spacial score (nSPS) is 22.2. The summed E-state index contributed by atoms with van der Waals surface area (Å²) < 4.78 is 5.77. The molecule has 0 bridgehead atoms. The fraction of sp³-hybridized carbons (Fsp3) is 0.588. The zero-order valence-corrected chi connectivity index (χ0v) is 12.7. The molecule has 0 aromatic heterocycles. The summed E-state index contributed by atoms with van der Waals surface area (Å²) >= 11 is 0. The van der Waals surface area contributed by atoms with Gasteiger partial charge in [0.1, 0.15) is 12.4 Å². The fourth-order valence-electron chi connectivity index (χ4n) is 2.75. The van der Waals surface area contributed by atoms with Crippen LogP contribution in [0.2, 0.25) is 0 Å². The topological polar surface area (TPSA) is 41.6 Å². The van der Waals surface area contributed by atoms with Crippen LogP contribution in [0.3, 0.4) is 0 Å². The second kappa shape index (κ2) is 6.48. The summed E-state index contributed by atoms with van der Waals surface area (Å²) in [7, 11) is 0. The minimum Gasteiger partial charge on any atom is -0.492 e. The van der Waals surface area contributed by atoms with Crippen LogP contribution in [0.15, 0.2) is 24.3 Å². The van der Waals surface area contributed by atoms with Crippen LogP contribution in [0, 0.1) is 11.8 Å². The molecule has 1 atom stereocenters. The van der Waals surface area contributed by atoms with Gasteiger partial charge in [0.05, 0.1) is 0 Å². The molecule has 0 unspecified atom stereocenters. The molecular formula is C17H24N2O2. The van der Waals surface area contributed by atoms with Crippen molar-refractivity contribution in [1.29, 1.82) is 0 Å². The number of nitrogens with zero attached hydrogens (tertiary/aromatic N) is 1. The predicted molar refractivity (Wildman–Crippen MR) is 83.5 cm³/mol. The zero-order chi connectivity index (χ0) is 14.7. The molecule has 3 rings (SSSR count). The average molecular weight is 288 g/mol.